The summed E-state index contributed by atoms with van der Waals surface area (Å²) in [6.07, 6.45) is 0.319. The third-order valence-electron chi connectivity index (χ3n) is 5.37. The molecule has 160 valence electrons. The summed E-state index contributed by atoms with van der Waals surface area (Å²) in [4.78, 5) is 27.2. The number of ketones is 1. The van der Waals surface area contributed by atoms with Crippen molar-refractivity contribution in [3.63, 3.8) is 0 Å². The van der Waals surface area contributed by atoms with Gasteiger partial charge in [-0.3, -0.25) is 14.5 Å². The maximum Gasteiger partial charge on any atom is 0.220 e. The molecule has 1 amide bonds. The van der Waals surface area contributed by atoms with Crippen molar-refractivity contribution in [3.8, 4) is 11.5 Å². The highest BCUT2D eigenvalue weighted by molar-refractivity contribution is 5.98. The van der Waals surface area contributed by atoms with Crippen LogP contribution >= 0.6 is 0 Å². The van der Waals surface area contributed by atoms with Gasteiger partial charge in [-0.1, -0.05) is 44.2 Å². The van der Waals surface area contributed by atoms with Crippen LogP contribution in [-0.4, -0.2) is 49.4 Å². The molecule has 0 saturated carbocycles. The van der Waals surface area contributed by atoms with Gasteiger partial charge in [-0.15, -0.1) is 0 Å². The van der Waals surface area contributed by atoms with Crippen molar-refractivity contribution in [2.24, 2.45) is 0 Å². The predicted octanol–water partition coefficient (Wildman–Crippen LogP) is 3.62. The van der Waals surface area contributed by atoms with E-state index in [0.29, 0.717) is 36.8 Å². The number of hydrogen-bond donors (Lipinski definition) is 1. The second-order valence-electron chi connectivity index (χ2n) is 7.23. The molecule has 1 aliphatic heterocycles. The van der Waals surface area contributed by atoms with Crippen LogP contribution in [0.15, 0.2) is 48.5 Å². The van der Waals surface area contributed by atoms with Gasteiger partial charge in [0.25, 0.3) is 0 Å². The molecule has 0 aliphatic carbocycles. The molecule has 0 aromatic heterocycles. The number of ether oxygens (including phenoxy) is 2. The molecule has 2 aromatic carbocycles. The Kier molecular flexibility index (Phi) is 7.85. The van der Waals surface area contributed by atoms with Gasteiger partial charge < -0.3 is 14.8 Å². The number of amides is 1. The van der Waals surface area contributed by atoms with Gasteiger partial charge in [-0.25, -0.2) is 0 Å². The van der Waals surface area contributed by atoms with E-state index in [-0.39, 0.29) is 30.6 Å². The Morgan fingerprint density at radius 3 is 2.37 bits per heavy atom. The fourth-order valence-corrected chi connectivity index (χ4v) is 3.68. The number of nitrogens with one attached hydrogen (secondary N) is 1. The molecule has 1 N–H and O–H groups in total. The zero-order chi connectivity index (χ0) is 21.3. The molecular formula is C24H30N2O4. The van der Waals surface area contributed by atoms with Gasteiger partial charge in [0.2, 0.25) is 5.91 Å². The Morgan fingerprint density at radius 1 is 0.967 bits per heavy atom. The molecule has 2 aromatic rings. The molecule has 1 atom stereocenters. The van der Waals surface area contributed by atoms with E-state index in [1.54, 1.807) is 18.2 Å². The Hall–Kier alpha value is -2.86. The number of nitrogens with zero attached hydrogens (tertiary/aromatic N) is 1. The summed E-state index contributed by atoms with van der Waals surface area (Å²) in [6.45, 7) is 7.53. The molecule has 6 heteroatoms. The molecule has 0 radical (unpaired) electrons. The first kappa shape index (κ1) is 21.8. The third kappa shape index (κ3) is 5.60. The van der Waals surface area contributed by atoms with Crippen LogP contribution in [0.2, 0.25) is 0 Å². The van der Waals surface area contributed by atoms with Gasteiger partial charge >= 0.3 is 0 Å². The molecule has 1 unspecified atom stereocenters. The van der Waals surface area contributed by atoms with E-state index < -0.39 is 0 Å². The summed E-state index contributed by atoms with van der Waals surface area (Å²) in [5.74, 6) is 1.04. The third-order valence-corrected chi connectivity index (χ3v) is 5.37. The Morgan fingerprint density at radius 2 is 1.67 bits per heavy atom. The summed E-state index contributed by atoms with van der Waals surface area (Å²) in [5, 5.41) is 3.01. The van der Waals surface area contributed by atoms with Crippen LogP contribution in [0.5, 0.6) is 11.5 Å². The van der Waals surface area contributed by atoms with Crippen molar-refractivity contribution >= 4 is 11.7 Å². The average molecular weight is 411 g/mol. The largest absolute Gasteiger partial charge is 0.486 e. The van der Waals surface area contributed by atoms with Crippen LogP contribution in [0.4, 0.5) is 0 Å². The first-order valence-electron chi connectivity index (χ1n) is 10.6. The minimum Gasteiger partial charge on any atom is -0.486 e. The number of hydrogen-bond acceptors (Lipinski definition) is 5. The second-order valence-corrected chi connectivity index (χ2v) is 7.23. The fraction of sp³-hybridized carbons (Fsp3) is 0.417. The maximum absolute atomic E-state index is 12.5. The lowest BCUT2D eigenvalue weighted by atomic mass is 10.0. The summed E-state index contributed by atoms with van der Waals surface area (Å²) < 4.78 is 11.0. The van der Waals surface area contributed by atoms with Crippen LogP contribution in [0.25, 0.3) is 0 Å². The van der Waals surface area contributed by atoms with Crippen LogP contribution < -0.4 is 14.8 Å². The zero-order valence-electron chi connectivity index (χ0n) is 17.7. The van der Waals surface area contributed by atoms with Gasteiger partial charge in [-0.05, 0) is 36.9 Å². The van der Waals surface area contributed by atoms with Crippen molar-refractivity contribution < 1.29 is 19.1 Å². The van der Waals surface area contributed by atoms with E-state index in [9.17, 15) is 9.59 Å². The van der Waals surface area contributed by atoms with Crippen LogP contribution in [0.1, 0.15) is 48.7 Å². The van der Waals surface area contributed by atoms with Gasteiger partial charge in [0.05, 0.1) is 6.04 Å². The van der Waals surface area contributed by atoms with Crippen molar-refractivity contribution in [1.29, 1.82) is 0 Å². The van der Waals surface area contributed by atoms with E-state index in [4.69, 9.17) is 9.47 Å². The molecule has 1 aliphatic rings. The maximum atomic E-state index is 12.5. The van der Waals surface area contributed by atoms with E-state index in [1.165, 1.54) is 5.56 Å². The van der Waals surface area contributed by atoms with Crippen molar-refractivity contribution in [1.82, 2.24) is 10.2 Å². The smallest absolute Gasteiger partial charge is 0.220 e. The molecule has 3 rings (SSSR count). The van der Waals surface area contributed by atoms with E-state index in [0.717, 1.165) is 13.1 Å². The average Bonchev–Trinajstić information content (AvgIpc) is 2.80. The van der Waals surface area contributed by atoms with E-state index in [1.807, 2.05) is 18.2 Å². The van der Waals surface area contributed by atoms with Crippen molar-refractivity contribution in [2.75, 3.05) is 32.8 Å². The highest BCUT2D eigenvalue weighted by Gasteiger charge is 2.19. The summed E-state index contributed by atoms with van der Waals surface area (Å²) >= 11 is 0. The summed E-state index contributed by atoms with van der Waals surface area (Å²) in [7, 11) is 0. The number of carbonyl (C=O) groups excluding carboxylic acids is 2. The number of benzene rings is 2. The second kappa shape index (κ2) is 10.8. The minimum absolute atomic E-state index is 0.0783. The minimum atomic E-state index is -0.117. The first-order valence-corrected chi connectivity index (χ1v) is 10.6. The van der Waals surface area contributed by atoms with Crippen molar-refractivity contribution in [2.45, 2.75) is 32.7 Å². The molecule has 0 fully saturated rings. The molecule has 0 bridgehead atoms. The van der Waals surface area contributed by atoms with Crippen LogP contribution in [0.3, 0.4) is 0 Å². The Balaban J connectivity index is 1.53. The number of fused-ring (bicyclic) bond motifs is 1. The Labute approximate surface area is 178 Å². The Bertz CT molecular complexity index is 850. The number of rotatable bonds is 10. The monoisotopic (exact) mass is 410 g/mol. The zero-order valence-corrected chi connectivity index (χ0v) is 17.7. The van der Waals surface area contributed by atoms with Crippen LogP contribution in [0, 0.1) is 0 Å². The van der Waals surface area contributed by atoms with Crippen molar-refractivity contribution in [3.05, 3.63) is 59.7 Å². The van der Waals surface area contributed by atoms with E-state index >= 15 is 0 Å². The molecule has 0 saturated heterocycles. The topological polar surface area (TPSA) is 67.9 Å². The number of Topliss-reactive ketones (excluding diaryl/α,β-unsaturated/α-hetero) is 1. The standard InChI is InChI=1S/C24H30N2O4/c1-3-26(4-2)20(18-8-6-5-7-9-18)17-25-24(28)13-11-21(27)19-10-12-22-23(16-19)30-15-14-29-22/h5-10,12,16,20H,3-4,11,13-15,17H2,1-2H3,(H,25,28). The lowest BCUT2D eigenvalue weighted by molar-refractivity contribution is -0.121. The highest BCUT2D eigenvalue weighted by Crippen LogP contribution is 2.31. The number of carbonyl (C=O) groups is 2. The highest BCUT2D eigenvalue weighted by atomic mass is 16.6. The molecule has 1 heterocycles. The quantitative estimate of drug-likeness (QED) is 0.606. The first-order chi connectivity index (χ1) is 14.6. The predicted molar refractivity (Wildman–Crippen MR) is 116 cm³/mol. The lowest BCUT2D eigenvalue weighted by Crippen LogP contribution is -2.38. The molecular weight excluding hydrogens is 380 g/mol. The van der Waals surface area contributed by atoms with E-state index in [2.05, 4.69) is 36.2 Å². The van der Waals surface area contributed by atoms with Gasteiger partial charge in [0.15, 0.2) is 17.3 Å². The molecule has 6 nitrogen and oxygen atoms in total. The normalized spacial score (nSPS) is 13.7. The number of likely N-dealkylation sites (N-methyl/N-ethyl adjacent to an activating group) is 1. The molecule has 0 spiro atoms. The lowest BCUT2D eigenvalue weighted by Gasteiger charge is -2.30. The van der Waals surface area contributed by atoms with Gasteiger partial charge in [0.1, 0.15) is 13.2 Å². The molecule has 30 heavy (non-hydrogen) atoms. The van der Waals surface area contributed by atoms with Gasteiger partial charge in [0, 0.05) is 24.9 Å². The summed E-state index contributed by atoms with van der Waals surface area (Å²) in [6, 6.07) is 15.5. The van der Waals surface area contributed by atoms with Crippen LogP contribution in [-0.2, 0) is 4.79 Å². The fourth-order valence-electron chi connectivity index (χ4n) is 3.68. The summed E-state index contributed by atoms with van der Waals surface area (Å²) in [5.41, 5.74) is 1.71. The SMILES string of the molecule is CCN(CC)C(CNC(=O)CCC(=O)c1ccc2c(c1)OCCO2)c1ccccc1. The van der Waals surface area contributed by atoms with Gasteiger partial charge in [-0.2, -0.15) is 0 Å².